The number of halogens is 3. The predicted octanol–water partition coefficient (Wildman–Crippen LogP) is 2.28. The average molecular weight is 785 g/mol. The number of amides is 3. The van der Waals surface area contributed by atoms with E-state index < -0.39 is 63.6 Å². The van der Waals surface area contributed by atoms with Crippen molar-refractivity contribution in [1.82, 2.24) is 25.0 Å². The van der Waals surface area contributed by atoms with Gasteiger partial charge in [0.15, 0.2) is 5.75 Å². The summed E-state index contributed by atoms with van der Waals surface area (Å²) in [5, 5.41) is 2.51. The quantitative estimate of drug-likeness (QED) is 0.180. The summed E-state index contributed by atoms with van der Waals surface area (Å²) in [4.78, 5) is 49.0. The monoisotopic (exact) mass is 784 g/mol. The number of carbonyl (C=O) groups is 3. The van der Waals surface area contributed by atoms with Crippen LogP contribution in [0.2, 0.25) is 0 Å². The summed E-state index contributed by atoms with van der Waals surface area (Å²) >= 11 is 0. The van der Waals surface area contributed by atoms with Crippen LogP contribution in [-0.4, -0.2) is 131 Å². The van der Waals surface area contributed by atoms with Crippen LogP contribution >= 0.6 is 0 Å². The van der Waals surface area contributed by atoms with Crippen LogP contribution in [0, 0.1) is 0 Å². The van der Waals surface area contributed by atoms with E-state index in [9.17, 15) is 43.9 Å². The molecule has 53 heavy (non-hydrogen) atoms. The molecular weight excluding hydrogens is 746 g/mol. The third-order valence-corrected chi connectivity index (χ3v) is 10.4. The van der Waals surface area contributed by atoms with Crippen molar-refractivity contribution >= 4 is 54.9 Å². The van der Waals surface area contributed by atoms with Crippen molar-refractivity contribution in [3.8, 4) is 5.75 Å². The van der Waals surface area contributed by atoms with Crippen molar-refractivity contribution < 1.29 is 52.6 Å². The average Bonchev–Trinajstić information content (AvgIpc) is 3.47. The van der Waals surface area contributed by atoms with E-state index in [0.717, 1.165) is 10.5 Å². The number of likely N-dealkylation sites (tertiary alicyclic amines) is 1. The van der Waals surface area contributed by atoms with Crippen LogP contribution in [0.5, 0.6) is 5.75 Å². The van der Waals surface area contributed by atoms with Crippen molar-refractivity contribution in [2.75, 3.05) is 70.9 Å². The fourth-order valence-electron chi connectivity index (χ4n) is 6.23. The zero-order valence-electron chi connectivity index (χ0n) is 28.7. The van der Waals surface area contributed by atoms with Crippen molar-refractivity contribution in [3.63, 3.8) is 0 Å². The molecule has 3 amide bonds. The smallest absolute Gasteiger partial charge is 0.374 e. The number of pyridine rings is 1. The SMILES string of the molecule is CN(CCCN1CCN(C(=O)CCc2ccc(S(=O)(=O)O)cc2)CC1)c1cc(OS(=O)(=O)F)c2nccc(C(=O)NCC(=O)N3CCC(F)(F)C3)c2c1. The van der Waals surface area contributed by atoms with E-state index in [1.54, 1.807) is 35.0 Å². The number of carbonyl (C=O) groups excluding carboxylic acids is 3. The van der Waals surface area contributed by atoms with Gasteiger partial charge in [0, 0.05) is 82.5 Å². The standard InChI is InChI=1S/C33H39F3N6O9S2/c1-39(12-2-13-40-15-17-41(18-16-40)29(43)8-5-23-3-6-25(7-4-23)52(46,47)48)24-19-27-26(9-11-37-31(27)28(20-24)51-53(36,49)50)32(45)38-21-30(44)42-14-10-33(34,35)22-42/h3-4,6-7,9,11,19-20H,2,5,8,10,12-18,21-22H2,1H3,(H,38,45)(H,46,47,48). The topological polar surface area (TPSA) is 187 Å². The molecule has 2 aliphatic heterocycles. The van der Waals surface area contributed by atoms with Crippen molar-refractivity contribution in [1.29, 1.82) is 0 Å². The lowest BCUT2D eigenvalue weighted by Gasteiger charge is -2.35. The summed E-state index contributed by atoms with van der Waals surface area (Å²) in [6.45, 7) is 1.97. The summed E-state index contributed by atoms with van der Waals surface area (Å²) in [6.07, 6.45) is 2.01. The molecule has 0 aliphatic carbocycles. The zero-order valence-corrected chi connectivity index (χ0v) is 30.3. The minimum absolute atomic E-state index is 0.0294. The lowest BCUT2D eigenvalue weighted by Crippen LogP contribution is -2.49. The maximum Gasteiger partial charge on any atom is 0.488 e. The maximum absolute atomic E-state index is 13.7. The minimum Gasteiger partial charge on any atom is -0.374 e. The lowest BCUT2D eigenvalue weighted by molar-refractivity contribution is -0.133. The second-order valence-electron chi connectivity index (χ2n) is 12.9. The summed E-state index contributed by atoms with van der Waals surface area (Å²) < 4.78 is 100. The molecule has 2 aliphatic rings. The highest BCUT2D eigenvalue weighted by Crippen LogP contribution is 2.33. The lowest BCUT2D eigenvalue weighted by atomic mass is 10.1. The van der Waals surface area contributed by atoms with Crippen molar-refractivity contribution in [2.45, 2.75) is 36.5 Å². The molecule has 2 saturated heterocycles. The summed E-state index contributed by atoms with van der Waals surface area (Å²) in [7, 11) is -8.06. The first-order valence-electron chi connectivity index (χ1n) is 16.7. The molecule has 1 aromatic heterocycles. The Bertz CT molecular complexity index is 2060. The maximum atomic E-state index is 13.7. The van der Waals surface area contributed by atoms with Gasteiger partial charge in [-0.2, -0.15) is 16.8 Å². The van der Waals surface area contributed by atoms with Crippen LogP contribution < -0.4 is 14.4 Å². The van der Waals surface area contributed by atoms with Crippen molar-refractivity contribution in [2.24, 2.45) is 0 Å². The van der Waals surface area contributed by atoms with Gasteiger partial charge in [-0.1, -0.05) is 16.0 Å². The number of anilines is 1. The molecule has 0 unspecified atom stereocenters. The number of aromatic nitrogens is 1. The Morgan fingerprint density at radius 1 is 0.981 bits per heavy atom. The third-order valence-electron chi connectivity index (χ3n) is 9.13. The molecule has 2 aromatic carbocycles. The summed E-state index contributed by atoms with van der Waals surface area (Å²) in [5.74, 6) is -4.95. The van der Waals surface area contributed by atoms with Gasteiger partial charge in [-0.05, 0) is 49.2 Å². The van der Waals surface area contributed by atoms with Gasteiger partial charge in [0.25, 0.3) is 21.9 Å². The first-order valence-corrected chi connectivity index (χ1v) is 19.4. The van der Waals surface area contributed by atoms with Crippen LogP contribution in [0.25, 0.3) is 10.9 Å². The molecule has 20 heteroatoms. The number of benzene rings is 2. The van der Waals surface area contributed by atoms with Crippen LogP contribution in [0.4, 0.5) is 18.4 Å². The zero-order chi connectivity index (χ0) is 38.6. The molecule has 2 N–H and O–H groups in total. The Hall–Kier alpha value is -4.53. The fourth-order valence-corrected chi connectivity index (χ4v) is 7.05. The van der Waals surface area contributed by atoms with Crippen LogP contribution in [0.3, 0.4) is 0 Å². The Morgan fingerprint density at radius 3 is 2.30 bits per heavy atom. The molecular formula is C33H39F3N6O9S2. The Morgan fingerprint density at radius 2 is 1.68 bits per heavy atom. The van der Waals surface area contributed by atoms with Gasteiger partial charge in [-0.15, -0.1) is 0 Å². The molecule has 0 bridgehead atoms. The van der Waals surface area contributed by atoms with Gasteiger partial charge in [0.1, 0.15) is 5.52 Å². The fraction of sp³-hybridized carbons (Fsp3) is 0.455. The number of rotatable bonds is 14. The van der Waals surface area contributed by atoms with E-state index in [0.29, 0.717) is 57.8 Å². The summed E-state index contributed by atoms with van der Waals surface area (Å²) in [6, 6.07) is 9.84. The second-order valence-corrected chi connectivity index (χ2v) is 15.3. The Kier molecular flexibility index (Phi) is 12.1. The molecule has 3 aromatic rings. The molecule has 0 atom stereocenters. The molecule has 0 spiro atoms. The minimum atomic E-state index is -5.48. The molecule has 15 nitrogen and oxygen atoms in total. The van der Waals surface area contributed by atoms with E-state index >= 15 is 0 Å². The summed E-state index contributed by atoms with van der Waals surface area (Å²) in [5.41, 5.74) is 0.968. The van der Waals surface area contributed by atoms with Crippen LogP contribution in [-0.2, 0) is 36.6 Å². The van der Waals surface area contributed by atoms with Gasteiger partial charge in [0.05, 0.1) is 23.5 Å². The van der Waals surface area contributed by atoms with Gasteiger partial charge in [0.2, 0.25) is 11.8 Å². The first-order chi connectivity index (χ1) is 24.9. The molecule has 3 heterocycles. The molecule has 2 fully saturated rings. The van der Waals surface area contributed by atoms with E-state index in [1.165, 1.54) is 30.5 Å². The number of nitrogens with one attached hydrogen (secondary N) is 1. The first kappa shape index (κ1) is 39.7. The van der Waals surface area contributed by atoms with Crippen LogP contribution in [0.15, 0.2) is 53.6 Å². The van der Waals surface area contributed by atoms with Gasteiger partial charge in [-0.3, -0.25) is 28.8 Å². The molecule has 0 saturated carbocycles. The van der Waals surface area contributed by atoms with Gasteiger partial charge in [-0.25, -0.2) is 8.78 Å². The highest BCUT2D eigenvalue weighted by atomic mass is 32.3. The number of hydrogen-bond acceptors (Lipinski definition) is 11. The Balaban J connectivity index is 1.16. The van der Waals surface area contributed by atoms with Gasteiger partial charge >= 0.3 is 10.5 Å². The highest BCUT2D eigenvalue weighted by molar-refractivity contribution is 7.85. The van der Waals surface area contributed by atoms with E-state index in [1.807, 2.05) is 0 Å². The van der Waals surface area contributed by atoms with Gasteiger partial charge < -0.3 is 24.2 Å². The molecule has 0 radical (unpaired) electrons. The largest absolute Gasteiger partial charge is 0.488 e. The predicted molar refractivity (Wildman–Crippen MR) is 186 cm³/mol. The number of fused-ring (bicyclic) bond motifs is 1. The number of piperazine rings is 1. The number of nitrogens with zero attached hydrogens (tertiary/aromatic N) is 5. The third kappa shape index (κ3) is 10.8. The normalized spacial score (nSPS) is 16.5. The van der Waals surface area contributed by atoms with Crippen LogP contribution in [0.1, 0.15) is 35.2 Å². The second kappa shape index (κ2) is 16.2. The Labute approximate surface area is 304 Å². The molecule has 5 rings (SSSR count). The van der Waals surface area contributed by atoms with Crippen molar-refractivity contribution in [3.05, 3.63) is 59.8 Å². The highest BCUT2D eigenvalue weighted by Gasteiger charge is 2.40. The van der Waals surface area contributed by atoms with E-state index in [2.05, 4.69) is 19.4 Å². The number of alkyl halides is 2. The van der Waals surface area contributed by atoms with E-state index in [-0.39, 0.29) is 40.2 Å². The number of aryl methyl sites for hydroxylation is 1. The number of hydrogen-bond donors (Lipinski definition) is 2. The molecule has 288 valence electrons. The van der Waals surface area contributed by atoms with E-state index in [4.69, 9.17) is 4.55 Å².